The molecule has 3 rings (SSSR count). The SMILES string of the molecule is Cc1ccc(C)c(NC(=S)Nc2cc(S(=O)(=O)Nc3ccc(Cl)cc3)ccc2C)c1. The Morgan fingerprint density at radius 1 is 0.833 bits per heavy atom. The molecule has 0 radical (unpaired) electrons. The van der Waals surface area contributed by atoms with Crippen molar-refractivity contribution in [3.05, 3.63) is 82.4 Å². The molecule has 0 bridgehead atoms. The molecular formula is C22H22ClN3O2S2. The quantitative estimate of drug-likeness (QED) is 0.416. The van der Waals surface area contributed by atoms with Crippen LogP contribution in [0.5, 0.6) is 0 Å². The highest BCUT2D eigenvalue weighted by Gasteiger charge is 2.16. The fourth-order valence-electron chi connectivity index (χ4n) is 2.78. The number of anilines is 3. The predicted molar refractivity (Wildman–Crippen MR) is 129 cm³/mol. The number of halogens is 1. The summed E-state index contributed by atoms with van der Waals surface area (Å²) in [6.07, 6.45) is 0. The molecule has 0 aromatic heterocycles. The Bertz CT molecular complexity index is 1190. The van der Waals surface area contributed by atoms with Gasteiger partial charge in [0.15, 0.2) is 5.11 Å². The second kappa shape index (κ2) is 9.04. The molecule has 0 heterocycles. The summed E-state index contributed by atoms with van der Waals surface area (Å²) in [4.78, 5) is 0.125. The van der Waals surface area contributed by atoms with E-state index in [2.05, 4.69) is 15.4 Å². The molecule has 0 saturated carbocycles. The molecule has 30 heavy (non-hydrogen) atoms. The van der Waals surface area contributed by atoms with Gasteiger partial charge >= 0.3 is 0 Å². The van der Waals surface area contributed by atoms with Crippen LogP contribution in [0.4, 0.5) is 17.1 Å². The van der Waals surface area contributed by atoms with Gasteiger partial charge in [-0.1, -0.05) is 29.8 Å². The molecule has 0 saturated heterocycles. The monoisotopic (exact) mass is 459 g/mol. The Hall–Kier alpha value is -2.61. The van der Waals surface area contributed by atoms with Crippen molar-refractivity contribution in [2.24, 2.45) is 0 Å². The van der Waals surface area contributed by atoms with E-state index >= 15 is 0 Å². The molecule has 0 aliphatic rings. The molecule has 156 valence electrons. The van der Waals surface area contributed by atoms with Gasteiger partial charge in [0.25, 0.3) is 10.0 Å². The van der Waals surface area contributed by atoms with Crippen LogP contribution in [-0.2, 0) is 10.0 Å². The zero-order valence-electron chi connectivity index (χ0n) is 16.8. The van der Waals surface area contributed by atoms with Gasteiger partial charge in [0.05, 0.1) is 4.90 Å². The van der Waals surface area contributed by atoms with Crippen molar-refractivity contribution < 1.29 is 8.42 Å². The first-order valence-corrected chi connectivity index (χ1v) is 11.5. The lowest BCUT2D eigenvalue weighted by molar-refractivity contribution is 0.601. The number of rotatable bonds is 5. The molecule has 3 aromatic carbocycles. The van der Waals surface area contributed by atoms with Crippen LogP contribution < -0.4 is 15.4 Å². The van der Waals surface area contributed by atoms with Gasteiger partial charge in [-0.25, -0.2) is 8.42 Å². The standard InChI is InChI=1S/C22H22ClN3O2S2/c1-14-4-5-15(2)20(12-14)24-22(29)25-21-13-19(11-6-16(21)3)30(27,28)26-18-9-7-17(23)8-10-18/h4-13,26H,1-3H3,(H2,24,25,29). The summed E-state index contributed by atoms with van der Waals surface area (Å²) in [5.41, 5.74) is 4.98. The largest absolute Gasteiger partial charge is 0.332 e. The summed E-state index contributed by atoms with van der Waals surface area (Å²) in [6.45, 7) is 5.88. The van der Waals surface area contributed by atoms with Crippen molar-refractivity contribution in [3.8, 4) is 0 Å². The number of hydrogen-bond acceptors (Lipinski definition) is 3. The smallest absolute Gasteiger partial charge is 0.261 e. The van der Waals surface area contributed by atoms with Gasteiger partial charge in [-0.3, -0.25) is 4.72 Å². The van der Waals surface area contributed by atoms with Crippen molar-refractivity contribution in [1.29, 1.82) is 0 Å². The number of sulfonamides is 1. The third kappa shape index (κ3) is 5.50. The Kier molecular flexibility index (Phi) is 6.65. The van der Waals surface area contributed by atoms with Crippen LogP contribution in [0, 0.1) is 20.8 Å². The van der Waals surface area contributed by atoms with E-state index in [1.54, 1.807) is 42.5 Å². The molecule has 0 unspecified atom stereocenters. The normalized spacial score (nSPS) is 11.1. The van der Waals surface area contributed by atoms with Crippen LogP contribution in [0.3, 0.4) is 0 Å². The third-order valence-electron chi connectivity index (χ3n) is 4.51. The van der Waals surface area contributed by atoms with Gasteiger partial charge < -0.3 is 10.6 Å². The minimum Gasteiger partial charge on any atom is -0.332 e. The van der Waals surface area contributed by atoms with Crippen molar-refractivity contribution in [2.45, 2.75) is 25.7 Å². The minimum absolute atomic E-state index is 0.125. The zero-order valence-corrected chi connectivity index (χ0v) is 19.2. The lowest BCUT2D eigenvalue weighted by Crippen LogP contribution is -2.21. The fraction of sp³-hybridized carbons (Fsp3) is 0.136. The highest BCUT2D eigenvalue weighted by molar-refractivity contribution is 7.92. The molecule has 3 N–H and O–H groups in total. The molecule has 8 heteroatoms. The lowest BCUT2D eigenvalue weighted by Gasteiger charge is -2.16. The van der Waals surface area contributed by atoms with Crippen LogP contribution in [-0.4, -0.2) is 13.5 Å². The maximum atomic E-state index is 12.8. The van der Waals surface area contributed by atoms with Crippen LogP contribution >= 0.6 is 23.8 Å². The zero-order chi connectivity index (χ0) is 21.9. The van der Waals surface area contributed by atoms with Gasteiger partial charge in [0.2, 0.25) is 0 Å². The summed E-state index contributed by atoms with van der Waals surface area (Å²) >= 11 is 11.3. The van der Waals surface area contributed by atoms with Gasteiger partial charge in [0, 0.05) is 22.1 Å². The Labute approximate surface area is 187 Å². The lowest BCUT2D eigenvalue weighted by atomic mass is 10.1. The van der Waals surface area contributed by atoms with Crippen molar-refractivity contribution in [1.82, 2.24) is 0 Å². The molecule has 0 fully saturated rings. The van der Waals surface area contributed by atoms with Crippen LogP contribution in [0.1, 0.15) is 16.7 Å². The van der Waals surface area contributed by atoms with E-state index in [0.29, 0.717) is 21.5 Å². The molecule has 5 nitrogen and oxygen atoms in total. The molecule has 0 atom stereocenters. The fourth-order valence-corrected chi connectivity index (χ4v) is 4.21. The summed E-state index contributed by atoms with van der Waals surface area (Å²) in [7, 11) is -3.77. The summed E-state index contributed by atoms with van der Waals surface area (Å²) in [6, 6.07) is 17.4. The Morgan fingerprint density at radius 2 is 1.40 bits per heavy atom. The van der Waals surface area contributed by atoms with E-state index in [1.807, 2.05) is 39.0 Å². The van der Waals surface area contributed by atoms with Gasteiger partial charge in [-0.05, 0) is 92.1 Å². The number of thiocarbonyl (C=S) groups is 1. The third-order valence-corrected chi connectivity index (χ3v) is 6.34. The average molecular weight is 460 g/mol. The van der Waals surface area contributed by atoms with Gasteiger partial charge in [-0.2, -0.15) is 0 Å². The molecule has 0 spiro atoms. The number of nitrogens with one attached hydrogen (secondary N) is 3. The second-order valence-corrected chi connectivity index (χ2v) is 9.51. The van der Waals surface area contributed by atoms with Crippen LogP contribution in [0.2, 0.25) is 5.02 Å². The van der Waals surface area contributed by atoms with Crippen LogP contribution in [0.25, 0.3) is 0 Å². The van der Waals surface area contributed by atoms with Crippen molar-refractivity contribution in [3.63, 3.8) is 0 Å². The highest BCUT2D eigenvalue weighted by atomic mass is 35.5. The summed E-state index contributed by atoms with van der Waals surface area (Å²) in [5.74, 6) is 0. The average Bonchev–Trinajstić information content (AvgIpc) is 2.68. The topological polar surface area (TPSA) is 70.2 Å². The van der Waals surface area contributed by atoms with E-state index in [1.165, 1.54) is 0 Å². The Balaban J connectivity index is 1.79. The first-order valence-electron chi connectivity index (χ1n) is 9.18. The first kappa shape index (κ1) is 22.1. The maximum absolute atomic E-state index is 12.8. The first-order chi connectivity index (χ1) is 14.1. The van der Waals surface area contributed by atoms with Crippen molar-refractivity contribution in [2.75, 3.05) is 15.4 Å². The predicted octanol–water partition coefficient (Wildman–Crippen LogP) is 5.87. The number of aryl methyl sites for hydroxylation is 3. The summed E-state index contributed by atoms with van der Waals surface area (Å²) < 4.78 is 28.1. The molecule has 0 aliphatic carbocycles. The van der Waals surface area contributed by atoms with E-state index in [9.17, 15) is 8.42 Å². The van der Waals surface area contributed by atoms with Crippen molar-refractivity contribution >= 4 is 56.0 Å². The maximum Gasteiger partial charge on any atom is 0.261 e. The van der Waals surface area contributed by atoms with Gasteiger partial charge in [0.1, 0.15) is 0 Å². The van der Waals surface area contributed by atoms with Crippen LogP contribution in [0.15, 0.2) is 65.6 Å². The number of hydrogen-bond donors (Lipinski definition) is 3. The molecular weight excluding hydrogens is 438 g/mol. The Morgan fingerprint density at radius 3 is 2.03 bits per heavy atom. The second-order valence-electron chi connectivity index (χ2n) is 6.99. The van der Waals surface area contributed by atoms with E-state index in [4.69, 9.17) is 23.8 Å². The highest BCUT2D eigenvalue weighted by Crippen LogP contribution is 2.24. The summed E-state index contributed by atoms with van der Waals surface area (Å²) in [5, 5.41) is 7.19. The molecule has 0 aliphatic heterocycles. The number of benzene rings is 3. The molecule has 0 amide bonds. The minimum atomic E-state index is -3.77. The van der Waals surface area contributed by atoms with Gasteiger partial charge in [-0.15, -0.1) is 0 Å². The van der Waals surface area contributed by atoms with E-state index in [-0.39, 0.29) is 4.90 Å². The van der Waals surface area contributed by atoms with E-state index in [0.717, 1.165) is 22.4 Å². The molecule has 3 aromatic rings. The van der Waals surface area contributed by atoms with E-state index < -0.39 is 10.0 Å².